The first kappa shape index (κ1) is 23.4. The molecule has 0 radical (unpaired) electrons. The molecule has 2 N–H and O–H groups in total. The van der Waals surface area contributed by atoms with Gasteiger partial charge in [0.2, 0.25) is 0 Å². The van der Waals surface area contributed by atoms with E-state index in [9.17, 15) is 18.0 Å². The Balaban J connectivity index is 2.30. The van der Waals surface area contributed by atoms with Crippen molar-refractivity contribution >= 4 is 22.1 Å². The van der Waals surface area contributed by atoms with Crippen LogP contribution >= 0.6 is 0 Å². The van der Waals surface area contributed by atoms with E-state index < -0.39 is 33.9 Å². The number of ether oxygens (including phenoxy) is 2. The quantitative estimate of drug-likeness (QED) is 0.444. The third kappa shape index (κ3) is 6.85. The molecule has 0 bridgehead atoms. The van der Waals surface area contributed by atoms with Crippen LogP contribution in [0.1, 0.15) is 24.0 Å². The molecule has 0 fully saturated rings. The maximum Gasteiger partial charge on any atom is 0.314 e. The van der Waals surface area contributed by atoms with Crippen LogP contribution < -0.4 is 9.92 Å². The highest BCUT2D eigenvalue weighted by atomic mass is 32.2. The molecule has 2 atom stereocenters. The molecule has 0 aliphatic rings. The van der Waals surface area contributed by atoms with Crippen molar-refractivity contribution in [2.24, 2.45) is 11.7 Å². The number of esters is 2. The van der Waals surface area contributed by atoms with Gasteiger partial charge in [-0.2, -0.15) is 8.42 Å². The first-order valence-corrected chi connectivity index (χ1v) is 11.1. The average Bonchev–Trinajstić information content (AvgIpc) is 2.70. The van der Waals surface area contributed by atoms with E-state index in [4.69, 9.17) is 19.4 Å². The van der Waals surface area contributed by atoms with Gasteiger partial charge in [0, 0.05) is 6.54 Å². The zero-order valence-corrected chi connectivity index (χ0v) is 17.6. The molecular formula is C21H25NO7S. The van der Waals surface area contributed by atoms with Gasteiger partial charge in [0.15, 0.2) is 0 Å². The largest absolute Gasteiger partial charge is 0.466 e. The summed E-state index contributed by atoms with van der Waals surface area (Å²) in [7, 11) is -3.69. The van der Waals surface area contributed by atoms with Crippen LogP contribution in [0.5, 0.6) is 5.75 Å². The van der Waals surface area contributed by atoms with Crippen molar-refractivity contribution in [3.05, 3.63) is 65.7 Å². The zero-order valence-electron chi connectivity index (χ0n) is 16.8. The zero-order chi connectivity index (χ0) is 22.1. The summed E-state index contributed by atoms with van der Waals surface area (Å²) >= 11 is 0. The molecule has 9 heteroatoms. The lowest BCUT2D eigenvalue weighted by Crippen LogP contribution is -2.36. The molecule has 0 amide bonds. The summed E-state index contributed by atoms with van der Waals surface area (Å²) in [4.78, 5) is 25.3. The van der Waals surface area contributed by atoms with Gasteiger partial charge in [-0.3, -0.25) is 9.59 Å². The van der Waals surface area contributed by atoms with Crippen molar-refractivity contribution in [2.45, 2.75) is 19.4 Å². The van der Waals surface area contributed by atoms with E-state index >= 15 is 0 Å². The average molecular weight is 435 g/mol. The van der Waals surface area contributed by atoms with Crippen LogP contribution in [0, 0.1) is 5.92 Å². The molecule has 0 spiro atoms. The van der Waals surface area contributed by atoms with E-state index in [2.05, 4.69) is 0 Å². The molecule has 30 heavy (non-hydrogen) atoms. The van der Waals surface area contributed by atoms with Gasteiger partial charge >= 0.3 is 22.1 Å². The van der Waals surface area contributed by atoms with Crippen molar-refractivity contribution in [1.29, 1.82) is 0 Å². The highest BCUT2D eigenvalue weighted by Gasteiger charge is 2.36. The topological polar surface area (TPSA) is 122 Å². The van der Waals surface area contributed by atoms with Gasteiger partial charge < -0.3 is 19.4 Å². The Morgan fingerprint density at radius 1 is 0.967 bits per heavy atom. The minimum atomic E-state index is -3.69. The Morgan fingerprint density at radius 3 is 2.13 bits per heavy atom. The number of benzene rings is 2. The van der Waals surface area contributed by atoms with Crippen LogP contribution in [0.25, 0.3) is 0 Å². The first-order valence-electron chi connectivity index (χ1n) is 9.31. The van der Waals surface area contributed by atoms with Gasteiger partial charge in [-0.1, -0.05) is 42.5 Å². The lowest BCUT2D eigenvalue weighted by atomic mass is 9.86. The Bertz CT molecular complexity index is 943. The van der Waals surface area contributed by atoms with E-state index in [1.54, 1.807) is 6.92 Å². The minimum absolute atomic E-state index is 0.0333. The van der Waals surface area contributed by atoms with Crippen molar-refractivity contribution in [3.63, 3.8) is 0 Å². The molecule has 0 heterocycles. The predicted octanol–water partition coefficient (Wildman–Crippen LogP) is 1.99. The summed E-state index contributed by atoms with van der Waals surface area (Å²) in [6.07, 6.45) is 0.926. The smallest absolute Gasteiger partial charge is 0.314 e. The fraction of sp³-hybridized carbons (Fsp3) is 0.333. The second-order valence-corrected chi connectivity index (χ2v) is 8.10. The normalized spacial score (nSPS) is 13.2. The Morgan fingerprint density at radius 2 is 1.60 bits per heavy atom. The highest BCUT2D eigenvalue weighted by Crippen LogP contribution is 2.29. The van der Waals surface area contributed by atoms with E-state index in [1.807, 2.05) is 30.3 Å². The molecule has 0 saturated carbocycles. The van der Waals surface area contributed by atoms with Crippen molar-refractivity contribution in [1.82, 2.24) is 0 Å². The molecule has 0 aliphatic heterocycles. The van der Waals surface area contributed by atoms with Crippen molar-refractivity contribution in [3.8, 4) is 5.75 Å². The predicted molar refractivity (Wildman–Crippen MR) is 110 cm³/mol. The maximum atomic E-state index is 12.9. The lowest BCUT2D eigenvalue weighted by Gasteiger charge is -2.23. The van der Waals surface area contributed by atoms with Crippen molar-refractivity contribution in [2.75, 3.05) is 19.4 Å². The number of carbonyl (C=O) groups is 2. The van der Waals surface area contributed by atoms with Gasteiger partial charge in [0.25, 0.3) is 0 Å². The van der Waals surface area contributed by atoms with Gasteiger partial charge in [-0.15, -0.1) is 0 Å². The standard InChI is InChI=1S/C21H25NO7S/c1-3-27-20(23)18(13-22)19(21(24)28-14-15-7-5-4-6-8-15)16-9-11-17(12-10-16)29-30(2,25)26/h4-12,18-19H,3,13-14,22H2,1-2H3. The second kappa shape index (κ2) is 10.7. The molecule has 0 aliphatic carbocycles. The molecule has 2 aromatic carbocycles. The molecule has 162 valence electrons. The number of carbonyl (C=O) groups excluding carboxylic acids is 2. The molecule has 0 aromatic heterocycles. The van der Waals surface area contributed by atoms with Crippen molar-refractivity contribution < 1.29 is 31.7 Å². The van der Waals surface area contributed by atoms with E-state index in [-0.39, 0.29) is 25.5 Å². The number of rotatable bonds is 10. The molecule has 0 saturated heterocycles. The fourth-order valence-electron chi connectivity index (χ4n) is 2.87. The van der Waals surface area contributed by atoms with Crippen LogP contribution in [0.15, 0.2) is 54.6 Å². The third-order valence-electron chi connectivity index (χ3n) is 4.21. The number of hydrogen-bond acceptors (Lipinski definition) is 8. The number of hydrogen-bond donors (Lipinski definition) is 1. The van der Waals surface area contributed by atoms with E-state index in [1.165, 1.54) is 24.3 Å². The minimum Gasteiger partial charge on any atom is -0.466 e. The second-order valence-electron chi connectivity index (χ2n) is 6.52. The highest BCUT2D eigenvalue weighted by molar-refractivity contribution is 7.86. The van der Waals surface area contributed by atoms with Crippen LogP contribution in [-0.2, 0) is 35.8 Å². The summed E-state index contributed by atoms with van der Waals surface area (Å²) < 4.78 is 37.9. The van der Waals surface area contributed by atoms with Gasteiger partial charge in [0.1, 0.15) is 12.4 Å². The summed E-state index contributed by atoms with van der Waals surface area (Å²) in [5.41, 5.74) is 7.01. The molecule has 8 nitrogen and oxygen atoms in total. The summed E-state index contributed by atoms with van der Waals surface area (Å²) in [5.74, 6) is -3.16. The maximum absolute atomic E-state index is 12.9. The van der Waals surface area contributed by atoms with Gasteiger partial charge in [-0.05, 0) is 30.2 Å². The van der Waals surface area contributed by atoms with Crippen LogP contribution in [0.2, 0.25) is 0 Å². The Hall–Kier alpha value is -2.91. The number of nitrogens with two attached hydrogens (primary N) is 1. The SMILES string of the molecule is CCOC(=O)C(CN)C(C(=O)OCc1ccccc1)c1ccc(OS(C)(=O)=O)cc1. The molecule has 2 aromatic rings. The first-order chi connectivity index (χ1) is 14.2. The van der Waals surface area contributed by atoms with E-state index in [0.717, 1.165) is 11.8 Å². The summed E-state index contributed by atoms with van der Waals surface area (Å²) in [6, 6.07) is 14.9. The third-order valence-corrected chi connectivity index (χ3v) is 4.71. The molecule has 2 unspecified atom stereocenters. The monoisotopic (exact) mass is 435 g/mol. The lowest BCUT2D eigenvalue weighted by molar-refractivity contribution is -0.157. The Kier molecular flexibility index (Phi) is 8.37. The van der Waals surface area contributed by atoms with Gasteiger partial charge in [-0.25, -0.2) is 0 Å². The summed E-state index contributed by atoms with van der Waals surface area (Å²) in [6.45, 7) is 1.70. The van der Waals surface area contributed by atoms with Crippen LogP contribution in [-0.4, -0.2) is 39.8 Å². The van der Waals surface area contributed by atoms with Crippen LogP contribution in [0.3, 0.4) is 0 Å². The van der Waals surface area contributed by atoms with E-state index in [0.29, 0.717) is 5.56 Å². The summed E-state index contributed by atoms with van der Waals surface area (Å²) in [5, 5.41) is 0. The fourth-order valence-corrected chi connectivity index (χ4v) is 3.34. The van der Waals surface area contributed by atoms with Crippen LogP contribution in [0.4, 0.5) is 0 Å². The molecular weight excluding hydrogens is 410 g/mol. The Labute approximate surface area is 176 Å². The molecule has 2 rings (SSSR count). The van der Waals surface area contributed by atoms with Gasteiger partial charge in [0.05, 0.1) is 24.7 Å².